The molecule has 1 aromatic heterocycles. The van der Waals surface area contributed by atoms with E-state index in [1.54, 1.807) is 6.20 Å². The van der Waals surface area contributed by atoms with Crippen LogP contribution in [0.5, 0.6) is 0 Å². The molecule has 0 unspecified atom stereocenters. The van der Waals surface area contributed by atoms with Crippen molar-refractivity contribution in [3.63, 3.8) is 0 Å². The van der Waals surface area contributed by atoms with E-state index in [1.807, 2.05) is 30.3 Å². The number of halogens is 2. The Balaban J connectivity index is 1.79. The van der Waals surface area contributed by atoms with Crippen molar-refractivity contribution in [2.45, 2.75) is 0 Å². The molecule has 0 bridgehead atoms. The number of nitrogens with zero attached hydrogens (tertiary/aromatic N) is 2. The Morgan fingerprint density at radius 2 is 1.90 bits per heavy atom. The second-order valence-electron chi connectivity index (χ2n) is 4.46. The van der Waals surface area contributed by atoms with Crippen LogP contribution in [0.1, 0.15) is 5.56 Å². The Hall–Kier alpha value is -2.82. The molecule has 0 aliphatic carbocycles. The Labute approximate surface area is 120 Å². The number of para-hydroxylation sites is 1. The largest absolute Gasteiger partial charge is 0.275 e. The van der Waals surface area contributed by atoms with E-state index in [1.165, 1.54) is 6.21 Å². The molecule has 104 valence electrons. The van der Waals surface area contributed by atoms with E-state index in [0.717, 1.165) is 34.7 Å². The predicted molar refractivity (Wildman–Crippen MR) is 79.3 cm³/mol. The zero-order valence-electron chi connectivity index (χ0n) is 10.9. The third-order valence-electron chi connectivity index (χ3n) is 2.94. The number of anilines is 1. The average molecular weight is 283 g/mol. The number of hydrazone groups is 1. The summed E-state index contributed by atoms with van der Waals surface area (Å²) in [5.41, 5.74) is 4.11. The van der Waals surface area contributed by atoms with E-state index in [0.29, 0.717) is 0 Å². The normalized spacial score (nSPS) is 11.1. The second-order valence-corrected chi connectivity index (χ2v) is 4.46. The molecular formula is C16H11F2N3. The number of aromatic nitrogens is 1. The topological polar surface area (TPSA) is 37.3 Å². The SMILES string of the molecule is Fc1ccc(F)c(N/N=C/c2cnc3ccccc3c2)c1. The van der Waals surface area contributed by atoms with Crippen molar-refractivity contribution in [2.75, 3.05) is 5.43 Å². The summed E-state index contributed by atoms with van der Waals surface area (Å²) in [6, 6.07) is 12.8. The molecule has 1 N–H and O–H groups in total. The maximum absolute atomic E-state index is 13.4. The van der Waals surface area contributed by atoms with Crippen molar-refractivity contribution in [1.82, 2.24) is 4.98 Å². The number of benzene rings is 2. The van der Waals surface area contributed by atoms with E-state index in [2.05, 4.69) is 15.5 Å². The van der Waals surface area contributed by atoms with Crippen molar-refractivity contribution < 1.29 is 8.78 Å². The number of nitrogens with one attached hydrogen (secondary N) is 1. The second kappa shape index (κ2) is 5.66. The van der Waals surface area contributed by atoms with Gasteiger partial charge >= 0.3 is 0 Å². The van der Waals surface area contributed by atoms with Gasteiger partial charge in [0.15, 0.2) is 0 Å². The lowest BCUT2D eigenvalue weighted by molar-refractivity contribution is 0.603. The van der Waals surface area contributed by atoms with E-state index >= 15 is 0 Å². The van der Waals surface area contributed by atoms with Gasteiger partial charge < -0.3 is 0 Å². The molecule has 1 heterocycles. The molecule has 0 radical (unpaired) electrons. The van der Waals surface area contributed by atoms with E-state index < -0.39 is 11.6 Å². The first kappa shape index (κ1) is 13.2. The first-order valence-electron chi connectivity index (χ1n) is 6.31. The molecule has 3 nitrogen and oxygen atoms in total. The van der Waals surface area contributed by atoms with Crippen molar-refractivity contribution in [1.29, 1.82) is 0 Å². The third-order valence-corrected chi connectivity index (χ3v) is 2.94. The van der Waals surface area contributed by atoms with E-state index in [-0.39, 0.29) is 5.69 Å². The summed E-state index contributed by atoms with van der Waals surface area (Å²) in [4.78, 5) is 4.29. The smallest absolute Gasteiger partial charge is 0.148 e. The van der Waals surface area contributed by atoms with Crippen molar-refractivity contribution >= 4 is 22.8 Å². The number of fused-ring (bicyclic) bond motifs is 1. The fraction of sp³-hybridized carbons (Fsp3) is 0. The van der Waals surface area contributed by atoms with Crippen molar-refractivity contribution in [3.05, 3.63) is 71.9 Å². The number of rotatable bonds is 3. The van der Waals surface area contributed by atoms with Crippen LogP contribution in [-0.4, -0.2) is 11.2 Å². The summed E-state index contributed by atoms with van der Waals surface area (Å²) < 4.78 is 26.4. The van der Waals surface area contributed by atoms with Gasteiger partial charge in [0.05, 0.1) is 17.4 Å². The molecule has 0 atom stereocenters. The standard InChI is InChI=1S/C16H11F2N3/c17-13-5-6-14(18)16(8-13)21-20-10-11-7-12-3-1-2-4-15(12)19-9-11/h1-10,21H/b20-10+. The van der Waals surface area contributed by atoms with Gasteiger partial charge in [0, 0.05) is 23.2 Å². The molecule has 5 heteroatoms. The van der Waals surface area contributed by atoms with Crippen LogP contribution in [0.4, 0.5) is 14.5 Å². The van der Waals surface area contributed by atoms with Crippen LogP contribution < -0.4 is 5.43 Å². The highest BCUT2D eigenvalue weighted by Gasteiger charge is 2.01. The lowest BCUT2D eigenvalue weighted by Crippen LogP contribution is -1.95. The molecular weight excluding hydrogens is 272 g/mol. The summed E-state index contributed by atoms with van der Waals surface area (Å²) in [5.74, 6) is -1.09. The van der Waals surface area contributed by atoms with Gasteiger partial charge in [-0.05, 0) is 24.3 Å². The highest BCUT2D eigenvalue weighted by Crippen LogP contribution is 2.15. The Kier molecular flexibility index (Phi) is 3.55. The minimum Gasteiger partial charge on any atom is -0.275 e. The molecule has 3 aromatic rings. The molecule has 3 rings (SSSR count). The zero-order chi connectivity index (χ0) is 14.7. The van der Waals surface area contributed by atoms with Gasteiger partial charge in [-0.2, -0.15) is 5.10 Å². The van der Waals surface area contributed by atoms with Crippen molar-refractivity contribution in [2.24, 2.45) is 5.10 Å². The third kappa shape index (κ3) is 3.02. The van der Waals surface area contributed by atoms with E-state index in [9.17, 15) is 8.78 Å². The lowest BCUT2D eigenvalue weighted by atomic mass is 10.2. The first-order valence-corrected chi connectivity index (χ1v) is 6.31. The molecule has 0 fully saturated rings. The molecule has 0 aliphatic heterocycles. The minimum absolute atomic E-state index is 0.0139. The summed E-state index contributed by atoms with van der Waals surface area (Å²) in [7, 11) is 0. The average Bonchev–Trinajstić information content (AvgIpc) is 2.50. The van der Waals surface area contributed by atoms with Gasteiger partial charge in [0.25, 0.3) is 0 Å². The monoisotopic (exact) mass is 283 g/mol. The molecule has 2 aromatic carbocycles. The van der Waals surface area contributed by atoms with Gasteiger partial charge in [-0.15, -0.1) is 0 Å². The summed E-state index contributed by atoms with van der Waals surface area (Å²) in [6.07, 6.45) is 3.17. The Morgan fingerprint density at radius 1 is 1.05 bits per heavy atom. The molecule has 0 amide bonds. The lowest BCUT2D eigenvalue weighted by Gasteiger charge is -2.02. The summed E-state index contributed by atoms with van der Waals surface area (Å²) >= 11 is 0. The maximum atomic E-state index is 13.4. The molecule has 0 aliphatic rings. The van der Waals surface area contributed by atoms with Gasteiger partial charge in [0.2, 0.25) is 0 Å². The van der Waals surface area contributed by atoms with Crippen LogP contribution in [0.2, 0.25) is 0 Å². The number of hydrogen-bond acceptors (Lipinski definition) is 3. The van der Waals surface area contributed by atoms with Gasteiger partial charge in [-0.3, -0.25) is 10.4 Å². The Morgan fingerprint density at radius 3 is 2.81 bits per heavy atom. The molecule has 0 saturated heterocycles. The highest BCUT2D eigenvalue weighted by atomic mass is 19.1. The van der Waals surface area contributed by atoms with Crippen LogP contribution in [0, 0.1) is 11.6 Å². The molecule has 0 spiro atoms. The van der Waals surface area contributed by atoms with Gasteiger partial charge in [-0.1, -0.05) is 18.2 Å². The van der Waals surface area contributed by atoms with Crippen LogP contribution in [0.25, 0.3) is 10.9 Å². The predicted octanol–water partition coefficient (Wildman–Crippen LogP) is 3.96. The number of pyridine rings is 1. The van der Waals surface area contributed by atoms with Crippen LogP contribution in [-0.2, 0) is 0 Å². The maximum Gasteiger partial charge on any atom is 0.148 e. The van der Waals surface area contributed by atoms with Crippen LogP contribution >= 0.6 is 0 Å². The summed E-state index contributed by atoms with van der Waals surface area (Å²) in [5, 5.41) is 4.88. The molecule has 21 heavy (non-hydrogen) atoms. The van der Waals surface area contributed by atoms with Gasteiger partial charge in [-0.25, -0.2) is 8.78 Å². The zero-order valence-corrected chi connectivity index (χ0v) is 10.9. The van der Waals surface area contributed by atoms with Crippen molar-refractivity contribution in [3.8, 4) is 0 Å². The fourth-order valence-corrected chi connectivity index (χ4v) is 1.92. The van der Waals surface area contributed by atoms with Gasteiger partial charge in [0.1, 0.15) is 11.6 Å². The van der Waals surface area contributed by atoms with Crippen LogP contribution in [0.15, 0.2) is 59.8 Å². The first-order chi connectivity index (χ1) is 10.2. The minimum atomic E-state index is -0.565. The van der Waals surface area contributed by atoms with E-state index in [4.69, 9.17) is 0 Å². The highest BCUT2D eigenvalue weighted by molar-refractivity contribution is 5.87. The fourth-order valence-electron chi connectivity index (χ4n) is 1.92. The Bertz CT molecular complexity index is 815. The summed E-state index contributed by atoms with van der Waals surface area (Å²) in [6.45, 7) is 0. The quantitative estimate of drug-likeness (QED) is 0.583. The molecule has 0 saturated carbocycles. The van der Waals surface area contributed by atoms with Crippen LogP contribution in [0.3, 0.4) is 0 Å². The number of hydrogen-bond donors (Lipinski definition) is 1.